The van der Waals surface area contributed by atoms with Gasteiger partial charge in [0, 0.05) is 11.3 Å². The third-order valence-corrected chi connectivity index (χ3v) is 2.49. The second-order valence-corrected chi connectivity index (χ2v) is 3.75. The average Bonchev–Trinajstić information content (AvgIpc) is 2.24. The SMILES string of the molecule is NCCCC(O)c1cccc(C(F)(F)F)c1N. The Morgan fingerprint density at radius 3 is 2.47 bits per heavy atom. The summed E-state index contributed by atoms with van der Waals surface area (Å²) in [5, 5.41) is 9.72. The van der Waals surface area contributed by atoms with Crippen LogP contribution in [-0.4, -0.2) is 11.7 Å². The standard InChI is InChI=1S/C11H15F3N2O/c12-11(13,14)8-4-1-3-7(10(8)16)9(17)5-2-6-15/h1,3-4,9,17H,2,5-6,15-16H2. The molecule has 0 aliphatic rings. The van der Waals surface area contributed by atoms with E-state index in [0.29, 0.717) is 19.4 Å². The number of nitrogens with two attached hydrogens (primary N) is 2. The van der Waals surface area contributed by atoms with Gasteiger partial charge in [0.2, 0.25) is 0 Å². The molecule has 0 saturated carbocycles. The van der Waals surface area contributed by atoms with Crippen LogP contribution in [0.25, 0.3) is 0 Å². The van der Waals surface area contributed by atoms with E-state index in [1.54, 1.807) is 0 Å². The summed E-state index contributed by atoms with van der Waals surface area (Å²) >= 11 is 0. The van der Waals surface area contributed by atoms with Crippen LogP contribution in [0.4, 0.5) is 18.9 Å². The Morgan fingerprint density at radius 1 is 1.29 bits per heavy atom. The molecule has 5 N–H and O–H groups in total. The molecule has 1 aromatic carbocycles. The third-order valence-electron chi connectivity index (χ3n) is 2.49. The number of alkyl halides is 3. The van der Waals surface area contributed by atoms with Crippen molar-refractivity contribution in [3.63, 3.8) is 0 Å². The van der Waals surface area contributed by atoms with E-state index in [4.69, 9.17) is 11.5 Å². The molecular weight excluding hydrogens is 233 g/mol. The quantitative estimate of drug-likeness (QED) is 0.714. The van der Waals surface area contributed by atoms with Crippen LogP contribution in [0.15, 0.2) is 18.2 Å². The first-order valence-corrected chi connectivity index (χ1v) is 5.21. The zero-order chi connectivity index (χ0) is 13.1. The summed E-state index contributed by atoms with van der Waals surface area (Å²) in [5.41, 5.74) is 9.48. The number of anilines is 1. The summed E-state index contributed by atoms with van der Waals surface area (Å²) in [6.45, 7) is 0.371. The fourth-order valence-electron chi connectivity index (χ4n) is 1.59. The smallest absolute Gasteiger partial charge is 0.398 e. The Hall–Kier alpha value is -1.27. The maximum Gasteiger partial charge on any atom is 0.418 e. The summed E-state index contributed by atoms with van der Waals surface area (Å²) in [6, 6.07) is 3.53. The molecule has 6 heteroatoms. The van der Waals surface area contributed by atoms with Crippen LogP contribution in [0.2, 0.25) is 0 Å². The molecule has 1 unspecified atom stereocenters. The highest BCUT2D eigenvalue weighted by Gasteiger charge is 2.34. The van der Waals surface area contributed by atoms with Gasteiger partial charge in [0.05, 0.1) is 11.7 Å². The highest BCUT2D eigenvalue weighted by molar-refractivity contribution is 5.56. The Kier molecular flexibility index (Phi) is 4.36. The van der Waals surface area contributed by atoms with Gasteiger partial charge in [0.25, 0.3) is 0 Å². The van der Waals surface area contributed by atoms with Crippen molar-refractivity contribution in [2.75, 3.05) is 12.3 Å². The number of aliphatic hydroxyl groups excluding tert-OH is 1. The van der Waals surface area contributed by atoms with Crippen molar-refractivity contribution in [2.24, 2.45) is 5.73 Å². The van der Waals surface area contributed by atoms with Crippen LogP contribution in [0.1, 0.15) is 30.1 Å². The summed E-state index contributed by atoms with van der Waals surface area (Å²) in [4.78, 5) is 0. The van der Waals surface area contributed by atoms with Gasteiger partial charge < -0.3 is 16.6 Å². The first-order valence-electron chi connectivity index (χ1n) is 5.21. The van der Waals surface area contributed by atoms with Gasteiger partial charge in [-0.2, -0.15) is 13.2 Å². The summed E-state index contributed by atoms with van der Waals surface area (Å²) in [7, 11) is 0. The van der Waals surface area contributed by atoms with Gasteiger partial charge in [-0.1, -0.05) is 12.1 Å². The Balaban J connectivity index is 3.02. The number of nitrogen functional groups attached to an aromatic ring is 1. The molecule has 0 aliphatic carbocycles. The molecule has 3 nitrogen and oxygen atoms in total. The number of benzene rings is 1. The number of hydrogen-bond donors (Lipinski definition) is 3. The van der Waals surface area contributed by atoms with Crippen LogP contribution in [0.5, 0.6) is 0 Å². The maximum atomic E-state index is 12.6. The molecule has 0 fully saturated rings. The second-order valence-electron chi connectivity index (χ2n) is 3.75. The van der Waals surface area contributed by atoms with E-state index >= 15 is 0 Å². The van der Waals surface area contributed by atoms with Gasteiger partial charge in [0.15, 0.2) is 0 Å². The van der Waals surface area contributed by atoms with E-state index in [1.807, 2.05) is 0 Å². The molecule has 0 saturated heterocycles. The molecule has 96 valence electrons. The first kappa shape index (κ1) is 13.8. The van der Waals surface area contributed by atoms with Crippen LogP contribution < -0.4 is 11.5 Å². The summed E-state index contributed by atoms with van der Waals surface area (Å²) in [5.74, 6) is 0. The molecule has 0 aromatic heterocycles. The Bertz CT molecular complexity index is 379. The van der Waals surface area contributed by atoms with E-state index < -0.39 is 23.5 Å². The number of hydrogen-bond acceptors (Lipinski definition) is 3. The lowest BCUT2D eigenvalue weighted by Crippen LogP contribution is -2.13. The van der Waals surface area contributed by atoms with Crippen molar-refractivity contribution >= 4 is 5.69 Å². The number of para-hydroxylation sites is 1. The highest BCUT2D eigenvalue weighted by atomic mass is 19.4. The molecule has 17 heavy (non-hydrogen) atoms. The number of rotatable bonds is 4. The molecule has 0 aliphatic heterocycles. The molecule has 1 aromatic rings. The fourth-order valence-corrected chi connectivity index (χ4v) is 1.59. The topological polar surface area (TPSA) is 72.3 Å². The van der Waals surface area contributed by atoms with E-state index in [0.717, 1.165) is 6.07 Å². The van der Waals surface area contributed by atoms with Crippen LogP contribution in [0.3, 0.4) is 0 Å². The molecule has 0 heterocycles. The van der Waals surface area contributed by atoms with E-state index in [1.165, 1.54) is 12.1 Å². The largest absolute Gasteiger partial charge is 0.418 e. The molecule has 1 rings (SSSR count). The zero-order valence-corrected chi connectivity index (χ0v) is 9.17. The zero-order valence-electron chi connectivity index (χ0n) is 9.17. The van der Waals surface area contributed by atoms with Crippen molar-refractivity contribution in [3.8, 4) is 0 Å². The number of halogens is 3. The summed E-state index contributed by atoms with van der Waals surface area (Å²) < 4.78 is 37.7. The lowest BCUT2D eigenvalue weighted by molar-refractivity contribution is -0.137. The molecule has 0 radical (unpaired) electrons. The minimum atomic E-state index is -4.51. The molecule has 1 atom stereocenters. The van der Waals surface area contributed by atoms with Gasteiger partial charge in [0.1, 0.15) is 0 Å². The molecular formula is C11H15F3N2O. The number of aliphatic hydroxyl groups is 1. The van der Waals surface area contributed by atoms with Crippen molar-refractivity contribution in [2.45, 2.75) is 25.1 Å². The van der Waals surface area contributed by atoms with Gasteiger partial charge in [-0.05, 0) is 25.5 Å². The van der Waals surface area contributed by atoms with Crippen molar-refractivity contribution in [3.05, 3.63) is 29.3 Å². The van der Waals surface area contributed by atoms with E-state index in [-0.39, 0.29) is 5.56 Å². The van der Waals surface area contributed by atoms with E-state index in [9.17, 15) is 18.3 Å². The Morgan fingerprint density at radius 2 is 1.94 bits per heavy atom. The van der Waals surface area contributed by atoms with Crippen molar-refractivity contribution in [1.29, 1.82) is 0 Å². The molecule has 0 amide bonds. The molecule has 0 spiro atoms. The predicted molar refractivity (Wildman–Crippen MR) is 59.1 cm³/mol. The minimum Gasteiger partial charge on any atom is -0.398 e. The first-order chi connectivity index (χ1) is 7.88. The van der Waals surface area contributed by atoms with Gasteiger partial charge in [-0.15, -0.1) is 0 Å². The molecule has 0 bridgehead atoms. The lowest BCUT2D eigenvalue weighted by atomic mass is 9.99. The maximum absolute atomic E-state index is 12.6. The van der Waals surface area contributed by atoms with Crippen LogP contribution in [0, 0.1) is 0 Å². The normalized spacial score (nSPS) is 13.7. The lowest BCUT2D eigenvalue weighted by Gasteiger charge is -2.17. The third kappa shape index (κ3) is 3.34. The summed E-state index contributed by atoms with van der Waals surface area (Å²) in [6.07, 6.45) is -4.70. The van der Waals surface area contributed by atoms with Crippen LogP contribution >= 0.6 is 0 Å². The van der Waals surface area contributed by atoms with Crippen molar-refractivity contribution in [1.82, 2.24) is 0 Å². The second kappa shape index (κ2) is 5.37. The fraction of sp³-hybridized carbons (Fsp3) is 0.455. The van der Waals surface area contributed by atoms with Gasteiger partial charge in [-0.3, -0.25) is 0 Å². The van der Waals surface area contributed by atoms with Gasteiger partial charge in [-0.25, -0.2) is 0 Å². The Labute approximate surface area is 97.2 Å². The predicted octanol–water partition coefficient (Wildman–Crippen LogP) is 2.06. The van der Waals surface area contributed by atoms with E-state index in [2.05, 4.69) is 0 Å². The van der Waals surface area contributed by atoms with Crippen LogP contribution in [-0.2, 0) is 6.18 Å². The average molecular weight is 248 g/mol. The van der Waals surface area contributed by atoms with Gasteiger partial charge >= 0.3 is 6.18 Å². The minimum absolute atomic E-state index is 0.105. The van der Waals surface area contributed by atoms with Crippen molar-refractivity contribution < 1.29 is 18.3 Å². The monoisotopic (exact) mass is 248 g/mol. The highest BCUT2D eigenvalue weighted by Crippen LogP contribution is 2.37.